The van der Waals surface area contributed by atoms with Gasteiger partial charge in [0.25, 0.3) is 5.72 Å². The molecule has 1 aromatic heterocycles. The molecule has 3 rings (SSSR count). The average Bonchev–Trinajstić information content (AvgIpc) is 3.05. The van der Waals surface area contributed by atoms with Crippen molar-refractivity contribution in [2.45, 2.75) is 18.3 Å². The number of para-hydroxylation sites is 1. The Morgan fingerprint density at radius 3 is 2.78 bits per heavy atom. The van der Waals surface area contributed by atoms with Crippen molar-refractivity contribution in [3.8, 4) is 0 Å². The minimum Gasteiger partial charge on any atom is -0.384 e. The molecule has 0 bridgehead atoms. The molecule has 2 N–H and O–H groups in total. The van der Waals surface area contributed by atoms with Gasteiger partial charge in [0, 0.05) is 19.2 Å². The zero-order valence-corrected chi connectivity index (χ0v) is 12.9. The average molecular weight is 345 g/mol. The SMILES string of the molecule is COCCC1=C[C@@](O)(C(F)(F)F)N(c2nc3ccccc3s2)N1. The molecule has 1 aliphatic rings. The second-order valence-electron chi connectivity index (χ2n) is 5.05. The number of ether oxygens (including phenoxy) is 1. The Hall–Kier alpha value is -1.84. The number of aromatic nitrogens is 1. The molecule has 0 radical (unpaired) electrons. The number of anilines is 1. The number of hydrazine groups is 1. The minimum absolute atomic E-state index is 0.0368. The summed E-state index contributed by atoms with van der Waals surface area (Å²) in [5.41, 5.74) is 0.245. The Bertz CT molecular complexity index is 713. The van der Waals surface area contributed by atoms with Crippen molar-refractivity contribution in [1.29, 1.82) is 0 Å². The lowest BCUT2D eigenvalue weighted by Gasteiger charge is -2.33. The first-order valence-electron chi connectivity index (χ1n) is 6.77. The molecule has 2 aromatic rings. The van der Waals surface area contributed by atoms with E-state index in [-0.39, 0.29) is 23.9 Å². The van der Waals surface area contributed by atoms with Crippen molar-refractivity contribution >= 4 is 26.7 Å². The van der Waals surface area contributed by atoms with Gasteiger partial charge in [-0.2, -0.15) is 13.2 Å². The molecule has 0 spiro atoms. The summed E-state index contributed by atoms with van der Waals surface area (Å²) >= 11 is 1.07. The predicted molar refractivity (Wildman–Crippen MR) is 80.8 cm³/mol. The molecule has 0 fully saturated rings. The molecule has 0 aliphatic carbocycles. The zero-order chi connectivity index (χ0) is 16.7. The quantitative estimate of drug-likeness (QED) is 0.892. The van der Waals surface area contributed by atoms with Gasteiger partial charge in [-0.15, -0.1) is 0 Å². The summed E-state index contributed by atoms with van der Waals surface area (Å²) in [6, 6.07) is 7.00. The van der Waals surface area contributed by atoms with E-state index in [0.29, 0.717) is 10.5 Å². The molecule has 124 valence electrons. The second kappa shape index (κ2) is 5.66. The highest BCUT2D eigenvalue weighted by Gasteiger charge is 2.60. The maximum absolute atomic E-state index is 13.4. The lowest BCUT2D eigenvalue weighted by atomic mass is 10.1. The topological polar surface area (TPSA) is 57.6 Å². The van der Waals surface area contributed by atoms with Gasteiger partial charge in [0.1, 0.15) is 0 Å². The third-order valence-electron chi connectivity index (χ3n) is 3.44. The Kier molecular flexibility index (Phi) is 3.95. The first kappa shape index (κ1) is 16.0. The van der Waals surface area contributed by atoms with Crippen LogP contribution in [0.5, 0.6) is 0 Å². The van der Waals surface area contributed by atoms with E-state index in [2.05, 4.69) is 10.4 Å². The molecule has 0 unspecified atom stereocenters. The van der Waals surface area contributed by atoms with E-state index >= 15 is 0 Å². The molecular formula is C14H14F3N3O2S. The van der Waals surface area contributed by atoms with Crippen LogP contribution in [0.1, 0.15) is 6.42 Å². The number of hydrogen-bond acceptors (Lipinski definition) is 6. The fourth-order valence-electron chi connectivity index (χ4n) is 2.27. The number of benzene rings is 1. The molecule has 5 nitrogen and oxygen atoms in total. The number of nitrogens with zero attached hydrogens (tertiary/aromatic N) is 2. The maximum atomic E-state index is 13.4. The van der Waals surface area contributed by atoms with E-state index in [1.165, 1.54) is 7.11 Å². The molecule has 0 saturated heterocycles. The van der Waals surface area contributed by atoms with Crippen molar-refractivity contribution < 1.29 is 23.0 Å². The summed E-state index contributed by atoms with van der Waals surface area (Å²) in [5, 5.41) is 10.9. The number of halogens is 3. The highest BCUT2D eigenvalue weighted by molar-refractivity contribution is 7.22. The second-order valence-corrected chi connectivity index (χ2v) is 6.06. The van der Waals surface area contributed by atoms with Crippen LogP contribution < -0.4 is 10.4 Å². The fourth-order valence-corrected chi connectivity index (χ4v) is 3.25. The van der Waals surface area contributed by atoms with E-state index in [1.54, 1.807) is 24.3 Å². The molecule has 2 heterocycles. The molecule has 0 saturated carbocycles. The Labute approximate surface area is 134 Å². The van der Waals surface area contributed by atoms with Crippen molar-refractivity contribution in [2.24, 2.45) is 0 Å². The third kappa shape index (κ3) is 2.75. The van der Waals surface area contributed by atoms with Gasteiger partial charge in [-0.3, -0.25) is 5.43 Å². The number of methoxy groups -OCH3 is 1. The van der Waals surface area contributed by atoms with E-state index in [9.17, 15) is 18.3 Å². The van der Waals surface area contributed by atoms with Gasteiger partial charge in [-0.1, -0.05) is 23.5 Å². The molecular weight excluding hydrogens is 331 g/mol. The van der Waals surface area contributed by atoms with Crippen molar-refractivity contribution in [3.05, 3.63) is 36.0 Å². The maximum Gasteiger partial charge on any atom is 0.442 e. The van der Waals surface area contributed by atoms with Crippen molar-refractivity contribution in [3.63, 3.8) is 0 Å². The van der Waals surface area contributed by atoms with Gasteiger partial charge >= 0.3 is 6.18 Å². The van der Waals surface area contributed by atoms with Gasteiger partial charge in [0.05, 0.1) is 16.8 Å². The Balaban J connectivity index is 1.99. The normalized spacial score (nSPS) is 21.6. The van der Waals surface area contributed by atoms with Crippen LogP contribution in [0, 0.1) is 0 Å². The summed E-state index contributed by atoms with van der Waals surface area (Å²) < 4.78 is 45.8. The smallest absolute Gasteiger partial charge is 0.384 e. The Morgan fingerprint density at radius 1 is 1.39 bits per heavy atom. The van der Waals surface area contributed by atoms with Crippen LogP contribution in [0.2, 0.25) is 0 Å². The molecule has 23 heavy (non-hydrogen) atoms. The molecule has 1 atom stereocenters. The van der Waals surface area contributed by atoms with E-state index < -0.39 is 11.9 Å². The molecule has 1 aliphatic heterocycles. The summed E-state index contributed by atoms with van der Waals surface area (Å²) in [6.07, 6.45) is -3.90. The minimum atomic E-state index is -4.88. The zero-order valence-electron chi connectivity index (χ0n) is 12.1. The number of thiazole rings is 1. The third-order valence-corrected chi connectivity index (χ3v) is 4.46. The van der Waals surface area contributed by atoms with Crippen LogP contribution in [0.25, 0.3) is 10.2 Å². The van der Waals surface area contributed by atoms with Gasteiger partial charge in [-0.25, -0.2) is 9.99 Å². The molecule has 0 amide bonds. The van der Waals surface area contributed by atoms with Crippen molar-refractivity contribution in [1.82, 2.24) is 10.4 Å². The lowest BCUT2D eigenvalue weighted by Crippen LogP contribution is -2.58. The predicted octanol–water partition coefficient (Wildman–Crippen LogP) is 2.79. The number of hydrogen-bond donors (Lipinski definition) is 2. The van der Waals surface area contributed by atoms with Crippen LogP contribution in [0.15, 0.2) is 36.0 Å². The lowest BCUT2D eigenvalue weighted by molar-refractivity contribution is -0.238. The highest BCUT2D eigenvalue weighted by Crippen LogP contribution is 2.42. The van der Waals surface area contributed by atoms with Gasteiger partial charge in [-0.05, 0) is 18.2 Å². The van der Waals surface area contributed by atoms with Crippen molar-refractivity contribution in [2.75, 3.05) is 18.7 Å². The van der Waals surface area contributed by atoms with E-state index in [4.69, 9.17) is 4.74 Å². The number of aliphatic hydroxyl groups is 1. The van der Waals surface area contributed by atoms with Crippen LogP contribution in [-0.2, 0) is 4.74 Å². The van der Waals surface area contributed by atoms with E-state index in [1.807, 2.05) is 0 Å². The Morgan fingerprint density at radius 2 is 2.13 bits per heavy atom. The molecule has 9 heteroatoms. The first-order valence-corrected chi connectivity index (χ1v) is 7.59. The number of rotatable bonds is 4. The van der Waals surface area contributed by atoms with Gasteiger partial charge in [0.2, 0.25) is 5.13 Å². The fraction of sp³-hybridized carbons (Fsp3) is 0.357. The van der Waals surface area contributed by atoms with Crippen LogP contribution in [0.3, 0.4) is 0 Å². The summed E-state index contributed by atoms with van der Waals surface area (Å²) in [6.45, 7) is 0.237. The van der Waals surface area contributed by atoms with Gasteiger partial charge < -0.3 is 9.84 Å². The van der Waals surface area contributed by atoms with Crippen LogP contribution in [-0.4, -0.2) is 35.7 Å². The number of nitrogens with one attached hydrogen (secondary N) is 1. The number of fused-ring (bicyclic) bond motifs is 1. The van der Waals surface area contributed by atoms with Gasteiger partial charge in [0.15, 0.2) is 0 Å². The highest BCUT2D eigenvalue weighted by atomic mass is 32.1. The standard InChI is InChI=1S/C14H14F3N3O2S/c1-22-7-6-9-8-13(21,14(15,16)17)20(19-9)12-18-10-4-2-3-5-11(10)23-12/h2-5,8,19,21H,6-7H2,1H3/t13-/m1/s1. The van der Waals surface area contributed by atoms with Crippen LogP contribution >= 0.6 is 11.3 Å². The summed E-state index contributed by atoms with van der Waals surface area (Å²) in [4.78, 5) is 4.18. The molecule has 1 aromatic carbocycles. The first-order chi connectivity index (χ1) is 10.8. The summed E-state index contributed by atoms with van der Waals surface area (Å²) in [5.74, 6) is 0. The summed E-state index contributed by atoms with van der Waals surface area (Å²) in [7, 11) is 1.46. The largest absolute Gasteiger partial charge is 0.442 e. The monoisotopic (exact) mass is 345 g/mol. The van der Waals surface area contributed by atoms with E-state index in [0.717, 1.165) is 22.1 Å². The van der Waals surface area contributed by atoms with Crippen LogP contribution in [0.4, 0.5) is 18.3 Å². The number of alkyl halides is 3.